The maximum Gasteiger partial charge on any atom is 0.255 e. The molecule has 3 aromatic rings. The first kappa shape index (κ1) is 24.5. The number of rotatable bonds is 10. The molecule has 0 unspecified atom stereocenters. The molecule has 3 aromatic carbocycles. The van der Waals surface area contributed by atoms with Gasteiger partial charge in [-0.25, -0.2) is 0 Å². The standard InChI is InChI=1S/C29H36N2O2/c1-21(2)31(22(3)4)19-9-12-26-20-27(17-18-28(26)33-5)30-29(32)25-15-13-24(14-16-25)23-10-7-6-8-11-23/h6-8,10-11,13-18,20-22H,9,12,19H2,1-5H3,(H,30,32). The molecule has 0 radical (unpaired) electrons. The zero-order valence-electron chi connectivity index (χ0n) is 20.5. The van der Waals surface area contributed by atoms with Gasteiger partial charge in [0.05, 0.1) is 7.11 Å². The average molecular weight is 445 g/mol. The minimum atomic E-state index is -0.114. The Kier molecular flexibility index (Phi) is 8.67. The molecule has 0 bridgehead atoms. The Morgan fingerprint density at radius 3 is 2.12 bits per heavy atom. The van der Waals surface area contributed by atoms with Crippen molar-refractivity contribution in [2.45, 2.75) is 52.6 Å². The highest BCUT2D eigenvalue weighted by molar-refractivity contribution is 6.04. The number of nitrogens with one attached hydrogen (secondary N) is 1. The fourth-order valence-electron chi connectivity index (χ4n) is 4.26. The summed E-state index contributed by atoms with van der Waals surface area (Å²) in [5.41, 5.74) is 4.76. The molecule has 0 saturated carbocycles. The molecule has 33 heavy (non-hydrogen) atoms. The van der Waals surface area contributed by atoms with Crippen molar-refractivity contribution in [2.75, 3.05) is 19.0 Å². The number of carbonyl (C=O) groups excluding carboxylic acids is 1. The van der Waals surface area contributed by atoms with Gasteiger partial charge in [0.1, 0.15) is 5.75 Å². The summed E-state index contributed by atoms with van der Waals surface area (Å²) in [4.78, 5) is 15.3. The van der Waals surface area contributed by atoms with Crippen molar-refractivity contribution in [3.63, 3.8) is 0 Å². The molecule has 1 amide bonds. The van der Waals surface area contributed by atoms with E-state index in [9.17, 15) is 4.79 Å². The van der Waals surface area contributed by atoms with Gasteiger partial charge in [-0.1, -0.05) is 42.5 Å². The third-order valence-electron chi connectivity index (χ3n) is 5.98. The molecule has 4 heteroatoms. The van der Waals surface area contributed by atoms with Gasteiger partial charge in [0.2, 0.25) is 0 Å². The van der Waals surface area contributed by atoms with E-state index in [0.29, 0.717) is 17.6 Å². The number of ether oxygens (including phenoxy) is 1. The summed E-state index contributed by atoms with van der Waals surface area (Å²) in [5, 5.41) is 3.04. The summed E-state index contributed by atoms with van der Waals surface area (Å²) in [6, 6.07) is 24.8. The molecule has 0 aromatic heterocycles. The van der Waals surface area contributed by atoms with E-state index >= 15 is 0 Å². The van der Waals surface area contributed by atoms with Crippen LogP contribution in [-0.2, 0) is 6.42 Å². The van der Waals surface area contributed by atoms with Crippen LogP contribution in [-0.4, -0.2) is 36.5 Å². The third kappa shape index (κ3) is 6.69. The zero-order chi connectivity index (χ0) is 23.8. The molecule has 0 saturated heterocycles. The number of amides is 1. The fourth-order valence-corrected chi connectivity index (χ4v) is 4.26. The lowest BCUT2D eigenvalue weighted by atomic mass is 10.0. The van der Waals surface area contributed by atoms with Gasteiger partial charge in [-0.15, -0.1) is 0 Å². The predicted molar refractivity (Wildman–Crippen MR) is 138 cm³/mol. The van der Waals surface area contributed by atoms with Crippen LogP contribution in [0, 0.1) is 0 Å². The van der Waals surface area contributed by atoms with Gasteiger partial charge in [0, 0.05) is 23.3 Å². The lowest BCUT2D eigenvalue weighted by Crippen LogP contribution is -2.37. The Bertz CT molecular complexity index is 1020. The monoisotopic (exact) mass is 444 g/mol. The fraction of sp³-hybridized carbons (Fsp3) is 0.345. The first-order valence-corrected chi connectivity index (χ1v) is 11.8. The topological polar surface area (TPSA) is 41.6 Å². The molecule has 0 aliphatic carbocycles. The van der Waals surface area contributed by atoms with Gasteiger partial charge in [0.15, 0.2) is 0 Å². The summed E-state index contributed by atoms with van der Waals surface area (Å²) in [7, 11) is 1.69. The number of aryl methyl sites for hydroxylation is 1. The van der Waals surface area contributed by atoms with Crippen molar-refractivity contribution in [3.8, 4) is 16.9 Å². The molecule has 0 fully saturated rings. The molecule has 0 atom stereocenters. The number of anilines is 1. The Morgan fingerprint density at radius 1 is 0.879 bits per heavy atom. The molecular formula is C29H36N2O2. The van der Waals surface area contributed by atoms with Crippen LogP contribution < -0.4 is 10.1 Å². The van der Waals surface area contributed by atoms with E-state index in [0.717, 1.165) is 47.5 Å². The van der Waals surface area contributed by atoms with E-state index in [1.54, 1.807) is 7.11 Å². The molecule has 0 spiro atoms. The summed E-state index contributed by atoms with van der Waals surface area (Å²) < 4.78 is 5.57. The third-order valence-corrected chi connectivity index (χ3v) is 5.98. The van der Waals surface area contributed by atoms with Crippen LogP contribution in [0.1, 0.15) is 50.0 Å². The van der Waals surface area contributed by atoms with E-state index in [1.165, 1.54) is 0 Å². The molecule has 4 nitrogen and oxygen atoms in total. The lowest BCUT2D eigenvalue weighted by Gasteiger charge is -2.30. The van der Waals surface area contributed by atoms with E-state index < -0.39 is 0 Å². The van der Waals surface area contributed by atoms with Crippen molar-refractivity contribution >= 4 is 11.6 Å². The number of hydrogen-bond donors (Lipinski definition) is 1. The highest BCUT2D eigenvalue weighted by Gasteiger charge is 2.14. The van der Waals surface area contributed by atoms with Gasteiger partial charge in [-0.05, 0) is 94.1 Å². The summed E-state index contributed by atoms with van der Waals surface area (Å²) in [6.07, 6.45) is 1.93. The van der Waals surface area contributed by atoms with Crippen molar-refractivity contribution < 1.29 is 9.53 Å². The summed E-state index contributed by atoms with van der Waals surface area (Å²) >= 11 is 0. The number of hydrogen-bond acceptors (Lipinski definition) is 3. The largest absolute Gasteiger partial charge is 0.496 e. The SMILES string of the molecule is COc1ccc(NC(=O)c2ccc(-c3ccccc3)cc2)cc1CCCN(C(C)C)C(C)C. The minimum Gasteiger partial charge on any atom is -0.496 e. The Labute approximate surface area is 198 Å². The quantitative estimate of drug-likeness (QED) is 0.380. The van der Waals surface area contributed by atoms with Crippen LogP contribution in [0.3, 0.4) is 0 Å². The van der Waals surface area contributed by atoms with Crippen LogP contribution in [0.15, 0.2) is 72.8 Å². The van der Waals surface area contributed by atoms with Gasteiger partial charge in [0.25, 0.3) is 5.91 Å². The Balaban J connectivity index is 1.66. The van der Waals surface area contributed by atoms with Gasteiger partial charge in [-0.3, -0.25) is 9.69 Å². The van der Waals surface area contributed by atoms with Gasteiger partial charge < -0.3 is 10.1 Å². The number of benzene rings is 3. The van der Waals surface area contributed by atoms with E-state index in [-0.39, 0.29) is 5.91 Å². The van der Waals surface area contributed by atoms with Crippen molar-refractivity contribution in [1.82, 2.24) is 4.90 Å². The second kappa shape index (κ2) is 11.7. The van der Waals surface area contributed by atoms with Crippen molar-refractivity contribution in [3.05, 3.63) is 83.9 Å². The molecule has 0 aliphatic heterocycles. The number of methoxy groups -OCH3 is 1. The summed E-state index contributed by atoms with van der Waals surface area (Å²) in [5.74, 6) is 0.748. The van der Waals surface area contributed by atoms with Crippen molar-refractivity contribution in [1.29, 1.82) is 0 Å². The van der Waals surface area contributed by atoms with E-state index in [1.807, 2.05) is 60.7 Å². The smallest absolute Gasteiger partial charge is 0.255 e. The number of carbonyl (C=O) groups is 1. The highest BCUT2D eigenvalue weighted by Crippen LogP contribution is 2.25. The van der Waals surface area contributed by atoms with E-state index in [4.69, 9.17) is 4.74 Å². The first-order chi connectivity index (χ1) is 15.9. The molecule has 3 rings (SSSR count). The van der Waals surface area contributed by atoms with Crippen LogP contribution in [0.25, 0.3) is 11.1 Å². The van der Waals surface area contributed by atoms with Crippen LogP contribution in [0.2, 0.25) is 0 Å². The number of nitrogens with zero attached hydrogens (tertiary/aromatic N) is 1. The van der Waals surface area contributed by atoms with E-state index in [2.05, 4.69) is 50.0 Å². The average Bonchev–Trinajstić information content (AvgIpc) is 2.82. The maximum absolute atomic E-state index is 12.8. The lowest BCUT2D eigenvalue weighted by molar-refractivity contribution is 0.102. The molecular weight excluding hydrogens is 408 g/mol. The van der Waals surface area contributed by atoms with Gasteiger partial charge >= 0.3 is 0 Å². The second-order valence-corrected chi connectivity index (χ2v) is 8.95. The van der Waals surface area contributed by atoms with Gasteiger partial charge in [-0.2, -0.15) is 0 Å². The van der Waals surface area contributed by atoms with Crippen LogP contribution >= 0.6 is 0 Å². The van der Waals surface area contributed by atoms with Crippen LogP contribution in [0.5, 0.6) is 5.75 Å². The van der Waals surface area contributed by atoms with Crippen molar-refractivity contribution in [2.24, 2.45) is 0 Å². The zero-order valence-corrected chi connectivity index (χ0v) is 20.5. The second-order valence-electron chi connectivity index (χ2n) is 8.95. The molecule has 1 N–H and O–H groups in total. The molecule has 0 heterocycles. The molecule has 174 valence electrons. The first-order valence-electron chi connectivity index (χ1n) is 11.8. The van der Waals surface area contributed by atoms with Crippen LogP contribution in [0.4, 0.5) is 5.69 Å². The Hall–Kier alpha value is -3.11. The normalized spacial score (nSPS) is 11.3. The maximum atomic E-state index is 12.8. The highest BCUT2D eigenvalue weighted by atomic mass is 16.5. The molecule has 0 aliphatic rings. The minimum absolute atomic E-state index is 0.114. The Morgan fingerprint density at radius 2 is 1.52 bits per heavy atom. The summed E-state index contributed by atoms with van der Waals surface area (Å²) in [6.45, 7) is 9.99. The predicted octanol–water partition coefficient (Wildman–Crippen LogP) is 6.67.